The smallest absolute Gasteiger partial charge is 0.340 e. The minimum atomic E-state index is -0.601. The van der Waals surface area contributed by atoms with E-state index in [1.165, 1.54) is 0 Å². The summed E-state index contributed by atoms with van der Waals surface area (Å²) in [5, 5.41) is 11.8. The van der Waals surface area contributed by atoms with Gasteiger partial charge in [0.2, 0.25) is 0 Å². The summed E-state index contributed by atoms with van der Waals surface area (Å²) in [5.74, 6) is -0.505. The normalized spacial score (nSPS) is 11.2. The molecule has 0 aliphatic carbocycles. The van der Waals surface area contributed by atoms with Crippen LogP contribution in [0.5, 0.6) is 0 Å². The van der Waals surface area contributed by atoms with Crippen molar-refractivity contribution >= 4 is 28.7 Å². The second kappa shape index (κ2) is 7.18. The quantitative estimate of drug-likeness (QED) is 0.690. The number of nitrogens with one attached hydrogen (secondary N) is 1. The summed E-state index contributed by atoms with van der Waals surface area (Å²) in [5.41, 5.74) is 2.33. The fourth-order valence-corrected chi connectivity index (χ4v) is 2.77. The number of carbonyl (C=O) groups is 2. The number of carbonyl (C=O) groups excluding carboxylic acids is 2. The zero-order chi connectivity index (χ0) is 19.7. The average molecular weight is 370 g/mol. The standard InChI is InChI=1S/C18H22N6O3/c1-10(2)24-17-13(8-19-24)7-14(12(4)20-17)18(26)27-9-16(25)21-15-6-11(3)22-23(15)5/h6-8,10H,9H2,1-5H3,(H,21,25). The van der Waals surface area contributed by atoms with Gasteiger partial charge in [-0.1, -0.05) is 0 Å². The van der Waals surface area contributed by atoms with E-state index in [0.717, 1.165) is 11.1 Å². The molecule has 0 aliphatic rings. The van der Waals surface area contributed by atoms with Crippen LogP contribution in [0, 0.1) is 13.8 Å². The van der Waals surface area contributed by atoms with Crippen molar-refractivity contribution in [1.29, 1.82) is 0 Å². The molecule has 1 N–H and O–H groups in total. The first-order valence-electron chi connectivity index (χ1n) is 8.58. The summed E-state index contributed by atoms with van der Waals surface area (Å²) in [6, 6.07) is 3.58. The zero-order valence-corrected chi connectivity index (χ0v) is 16.0. The number of anilines is 1. The zero-order valence-electron chi connectivity index (χ0n) is 16.0. The molecule has 3 rings (SSSR count). The predicted molar refractivity (Wildman–Crippen MR) is 99.5 cm³/mol. The van der Waals surface area contributed by atoms with Crippen LogP contribution >= 0.6 is 0 Å². The van der Waals surface area contributed by atoms with Crippen LogP contribution in [0.15, 0.2) is 18.3 Å². The summed E-state index contributed by atoms with van der Waals surface area (Å²) in [7, 11) is 1.72. The molecular formula is C18H22N6O3. The molecule has 0 atom stereocenters. The first kappa shape index (κ1) is 18.6. The molecule has 0 spiro atoms. The van der Waals surface area contributed by atoms with Crippen LogP contribution < -0.4 is 5.32 Å². The first-order valence-corrected chi connectivity index (χ1v) is 8.58. The summed E-state index contributed by atoms with van der Waals surface area (Å²) < 4.78 is 8.48. The van der Waals surface area contributed by atoms with Gasteiger partial charge in [-0.2, -0.15) is 10.2 Å². The number of aromatic nitrogens is 5. The van der Waals surface area contributed by atoms with Gasteiger partial charge in [0, 0.05) is 24.5 Å². The van der Waals surface area contributed by atoms with E-state index in [2.05, 4.69) is 20.5 Å². The Labute approximate surface area is 156 Å². The van der Waals surface area contributed by atoms with Crippen molar-refractivity contribution in [3.05, 3.63) is 35.3 Å². The summed E-state index contributed by atoms with van der Waals surface area (Å²) in [6.07, 6.45) is 1.66. The molecule has 0 fully saturated rings. The van der Waals surface area contributed by atoms with Crippen LogP contribution in [-0.2, 0) is 16.6 Å². The number of nitrogens with zero attached hydrogens (tertiary/aromatic N) is 5. The van der Waals surface area contributed by atoms with Crippen molar-refractivity contribution in [3.8, 4) is 0 Å². The Balaban J connectivity index is 1.69. The highest BCUT2D eigenvalue weighted by Gasteiger charge is 2.18. The maximum absolute atomic E-state index is 12.4. The molecule has 3 heterocycles. The molecule has 0 saturated carbocycles. The average Bonchev–Trinajstić information content (AvgIpc) is 3.14. The highest BCUT2D eigenvalue weighted by Crippen LogP contribution is 2.20. The highest BCUT2D eigenvalue weighted by molar-refractivity contribution is 5.97. The largest absolute Gasteiger partial charge is 0.452 e. The number of fused-ring (bicyclic) bond motifs is 1. The Morgan fingerprint density at radius 3 is 2.63 bits per heavy atom. The van der Waals surface area contributed by atoms with Gasteiger partial charge in [0.25, 0.3) is 5.91 Å². The van der Waals surface area contributed by atoms with Gasteiger partial charge < -0.3 is 10.1 Å². The van der Waals surface area contributed by atoms with E-state index in [1.54, 1.807) is 41.7 Å². The third kappa shape index (κ3) is 3.81. The van der Waals surface area contributed by atoms with E-state index in [1.807, 2.05) is 20.8 Å². The van der Waals surface area contributed by atoms with Crippen molar-refractivity contribution in [3.63, 3.8) is 0 Å². The first-order chi connectivity index (χ1) is 12.8. The lowest BCUT2D eigenvalue weighted by atomic mass is 10.2. The van der Waals surface area contributed by atoms with E-state index in [4.69, 9.17) is 4.74 Å². The van der Waals surface area contributed by atoms with E-state index < -0.39 is 18.5 Å². The van der Waals surface area contributed by atoms with Crippen molar-refractivity contribution < 1.29 is 14.3 Å². The predicted octanol–water partition coefficient (Wildman–Crippen LogP) is 2.16. The molecule has 27 heavy (non-hydrogen) atoms. The second-order valence-electron chi connectivity index (χ2n) is 6.64. The Kier molecular flexibility index (Phi) is 4.93. The number of hydrogen-bond donors (Lipinski definition) is 1. The lowest BCUT2D eigenvalue weighted by Crippen LogP contribution is -2.22. The number of esters is 1. The molecule has 0 unspecified atom stereocenters. The molecule has 142 valence electrons. The number of hydrogen-bond acceptors (Lipinski definition) is 6. The van der Waals surface area contributed by atoms with Gasteiger partial charge in [-0.05, 0) is 33.8 Å². The molecule has 3 aromatic heterocycles. The number of aryl methyl sites for hydroxylation is 3. The maximum atomic E-state index is 12.4. The molecule has 1 amide bonds. The summed E-state index contributed by atoms with van der Waals surface area (Å²) in [4.78, 5) is 28.9. The lowest BCUT2D eigenvalue weighted by Gasteiger charge is -2.10. The number of rotatable bonds is 5. The molecule has 0 saturated heterocycles. The Morgan fingerprint density at radius 1 is 1.26 bits per heavy atom. The number of ether oxygens (including phenoxy) is 1. The van der Waals surface area contributed by atoms with Gasteiger partial charge in [-0.25, -0.2) is 14.5 Å². The molecule has 0 aromatic carbocycles. The molecule has 9 nitrogen and oxygen atoms in total. The second-order valence-corrected chi connectivity index (χ2v) is 6.64. The van der Waals surface area contributed by atoms with Gasteiger partial charge in [-0.15, -0.1) is 0 Å². The Bertz CT molecular complexity index is 1020. The van der Waals surface area contributed by atoms with Gasteiger partial charge in [0.15, 0.2) is 12.3 Å². The summed E-state index contributed by atoms with van der Waals surface area (Å²) >= 11 is 0. The van der Waals surface area contributed by atoms with E-state index in [0.29, 0.717) is 22.7 Å². The van der Waals surface area contributed by atoms with Crippen LogP contribution in [0.25, 0.3) is 11.0 Å². The van der Waals surface area contributed by atoms with Gasteiger partial charge in [-0.3, -0.25) is 9.48 Å². The minimum Gasteiger partial charge on any atom is -0.452 e. The van der Waals surface area contributed by atoms with E-state index in [9.17, 15) is 9.59 Å². The fraction of sp³-hybridized carbons (Fsp3) is 0.389. The van der Waals surface area contributed by atoms with Crippen molar-refractivity contribution in [2.75, 3.05) is 11.9 Å². The number of pyridine rings is 1. The molecule has 3 aromatic rings. The third-order valence-corrected chi connectivity index (χ3v) is 4.07. The van der Waals surface area contributed by atoms with Crippen LogP contribution in [-0.4, -0.2) is 43.0 Å². The molecular weight excluding hydrogens is 348 g/mol. The van der Waals surface area contributed by atoms with Crippen LogP contribution in [0.3, 0.4) is 0 Å². The highest BCUT2D eigenvalue weighted by atomic mass is 16.5. The van der Waals surface area contributed by atoms with Crippen molar-refractivity contribution in [2.45, 2.75) is 33.7 Å². The van der Waals surface area contributed by atoms with Crippen LogP contribution in [0.2, 0.25) is 0 Å². The Hall–Kier alpha value is -3.23. The summed E-state index contributed by atoms with van der Waals surface area (Å²) in [6.45, 7) is 7.17. The van der Waals surface area contributed by atoms with E-state index in [-0.39, 0.29) is 6.04 Å². The molecule has 9 heteroatoms. The molecule has 0 aliphatic heterocycles. The monoisotopic (exact) mass is 370 g/mol. The number of amides is 1. The van der Waals surface area contributed by atoms with Crippen molar-refractivity contribution in [1.82, 2.24) is 24.5 Å². The molecule has 0 bridgehead atoms. The third-order valence-electron chi connectivity index (χ3n) is 4.07. The van der Waals surface area contributed by atoms with E-state index >= 15 is 0 Å². The van der Waals surface area contributed by atoms with Gasteiger partial charge >= 0.3 is 5.97 Å². The fourth-order valence-electron chi connectivity index (χ4n) is 2.77. The van der Waals surface area contributed by atoms with Gasteiger partial charge in [0.05, 0.1) is 23.1 Å². The van der Waals surface area contributed by atoms with Crippen molar-refractivity contribution in [2.24, 2.45) is 7.05 Å². The molecule has 0 radical (unpaired) electrons. The maximum Gasteiger partial charge on any atom is 0.340 e. The van der Waals surface area contributed by atoms with Crippen LogP contribution in [0.1, 0.15) is 41.6 Å². The topological polar surface area (TPSA) is 104 Å². The SMILES string of the molecule is Cc1cc(NC(=O)COC(=O)c2cc3cnn(C(C)C)c3nc2C)n(C)n1. The minimum absolute atomic E-state index is 0.159. The van der Waals surface area contributed by atoms with Crippen LogP contribution in [0.4, 0.5) is 5.82 Å². The Morgan fingerprint density at radius 2 is 2.00 bits per heavy atom. The lowest BCUT2D eigenvalue weighted by molar-refractivity contribution is -0.119. The van der Waals surface area contributed by atoms with Gasteiger partial charge in [0.1, 0.15) is 5.82 Å².